The first kappa shape index (κ1) is 19.0. The van der Waals surface area contributed by atoms with Gasteiger partial charge in [-0.1, -0.05) is 11.8 Å². The fraction of sp³-hybridized carbons (Fsp3) is 0.312. The number of aryl methyl sites for hydroxylation is 1. The zero-order valence-corrected chi connectivity index (χ0v) is 16.3. The van der Waals surface area contributed by atoms with Crippen molar-refractivity contribution in [2.45, 2.75) is 29.9 Å². The van der Waals surface area contributed by atoms with Crippen LogP contribution in [0.5, 0.6) is 0 Å². The predicted octanol–water partition coefficient (Wildman–Crippen LogP) is 3.52. The largest absolute Gasteiger partial charge is 0.416 e. The van der Waals surface area contributed by atoms with Crippen molar-refractivity contribution in [2.24, 2.45) is 0 Å². The zero-order valence-electron chi connectivity index (χ0n) is 13.9. The van der Waals surface area contributed by atoms with Gasteiger partial charge < -0.3 is 4.42 Å². The molecule has 0 saturated carbocycles. The van der Waals surface area contributed by atoms with Gasteiger partial charge in [0.1, 0.15) is 5.82 Å². The van der Waals surface area contributed by atoms with Crippen LogP contribution in [0.15, 0.2) is 44.2 Å². The molecule has 3 rings (SSSR count). The molecule has 138 valence electrons. The molecule has 26 heavy (non-hydrogen) atoms. The van der Waals surface area contributed by atoms with Gasteiger partial charge in [0.2, 0.25) is 5.89 Å². The maximum Gasteiger partial charge on any atom is 0.276 e. The Labute approximate surface area is 158 Å². The molecule has 1 aromatic carbocycles. The summed E-state index contributed by atoms with van der Waals surface area (Å²) in [6.07, 6.45) is 0.907. The van der Waals surface area contributed by atoms with Gasteiger partial charge in [0.15, 0.2) is 9.84 Å². The van der Waals surface area contributed by atoms with Crippen LogP contribution in [0.2, 0.25) is 0 Å². The molecule has 0 aliphatic rings. The Morgan fingerprint density at radius 2 is 2.00 bits per heavy atom. The minimum absolute atomic E-state index is 0.0231. The second-order valence-electron chi connectivity index (χ2n) is 5.47. The summed E-state index contributed by atoms with van der Waals surface area (Å²) in [7, 11) is -3.42. The minimum Gasteiger partial charge on any atom is -0.416 e. The van der Waals surface area contributed by atoms with Crippen molar-refractivity contribution in [3.05, 3.63) is 52.1 Å². The third-order valence-electron chi connectivity index (χ3n) is 3.40. The second-order valence-corrected chi connectivity index (χ2v) is 9.69. The van der Waals surface area contributed by atoms with Crippen LogP contribution in [0, 0.1) is 12.7 Å². The molecule has 0 unspecified atom stereocenters. The van der Waals surface area contributed by atoms with Crippen LogP contribution < -0.4 is 0 Å². The molecule has 6 nitrogen and oxygen atoms in total. The fourth-order valence-electron chi connectivity index (χ4n) is 2.18. The third kappa shape index (κ3) is 5.12. The van der Waals surface area contributed by atoms with Crippen molar-refractivity contribution < 1.29 is 17.2 Å². The molecular formula is C16H16FN3O3S3. The minimum atomic E-state index is -3.42. The van der Waals surface area contributed by atoms with Crippen LogP contribution in [0.3, 0.4) is 0 Å². The number of hydrogen-bond acceptors (Lipinski definition) is 8. The highest BCUT2D eigenvalue weighted by molar-refractivity contribution is 7.99. The molecule has 3 aromatic rings. The number of sulfone groups is 1. The van der Waals surface area contributed by atoms with Crippen molar-refractivity contribution in [1.82, 2.24) is 15.2 Å². The highest BCUT2D eigenvalue weighted by Crippen LogP contribution is 2.20. The number of thiazole rings is 1. The van der Waals surface area contributed by atoms with E-state index in [0.29, 0.717) is 29.7 Å². The van der Waals surface area contributed by atoms with E-state index in [-0.39, 0.29) is 10.6 Å². The van der Waals surface area contributed by atoms with Gasteiger partial charge in [-0.25, -0.2) is 17.8 Å². The Bertz CT molecular complexity index is 968. The van der Waals surface area contributed by atoms with Gasteiger partial charge in [0.25, 0.3) is 5.22 Å². The molecule has 0 atom stereocenters. The van der Waals surface area contributed by atoms with Crippen LogP contribution in [0.1, 0.15) is 23.0 Å². The molecule has 0 spiro atoms. The molecule has 0 bridgehead atoms. The lowest BCUT2D eigenvalue weighted by Gasteiger charge is -2.03. The zero-order chi connectivity index (χ0) is 18.6. The molecule has 0 saturated heterocycles. The van der Waals surface area contributed by atoms with Crippen LogP contribution in [0.4, 0.5) is 4.39 Å². The Kier molecular flexibility index (Phi) is 6.05. The highest BCUT2D eigenvalue weighted by atomic mass is 32.2. The summed E-state index contributed by atoms with van der Waals surface area (Å²) >= 11 is 2.88. The molecule has 0 amide bonds. The van der Waals surface area contributed by atoms with E-state index >= 15 is 0 Å². The van der Waals surface area contributed by atoms with Crippen molar-refractivity contribution in [3.63, 3.8) is 0 Å². The lowest BCUT2D eigenvalue weighted by molar-refractivity contribution is 0.419. The van der Waals surface area contributed by atoms with E-state index in [1.165, 1.54) is 23.9 Å². The van der Waals surface area contributed by atoms with Gasteiger partial charge in [0.05, 0.1) is 27.8 Å². The summed E-state index contributed by atoms with van der Waals surface area (Å²) < 4.78 is 42.8. The first-order chi connectivity index (χ1) is 12.4. The lowest BCUT2D eigenvalue weighted by atomic mass is 10.3. The van der Waals surface area contributed by atoms with E-state index in [1.807, 2.05) is 12.3 Å². The highest BCUT2D eigenvalue weighted by Gasteiger charge is 2.15. The lowest BCUT2D eigenvalue weighted by Crippen LogP contribution is -2.07. The number of halogens is 1. The summed E-state index contributed by atoms with van der Waals surface area (Å²) in [5.41, 5.74) is 0.887. The summed E-state index contributed by atoms with van der Waals surface area (Å²) in [6, 6.07) is 4.85. The Morgan fingerprint density at radius 3 is 2.69 bits per heavy atom. The first-order valence-corrected chi connectivity index (χ1v) is 11.3. The molecule has 0 aliphatic carbocycles. The predicted molar refractivity (Wildman–Crippen MR) is 97.7 cm³/mol. The molecule has 2 heterocycles. The van der Waals surface area contributed by atoms with Crippen LogP contribution in [-0.4, -0.2) is 35.1 Å². The van der Waals surface area contributed by atoms with Crippen molar-refractivity contribution >= 4 is 32.9 Å². The molecule has 10 heteroatoms. The fourth-order valence-corrected chi connectivity index (χ4v) is 5.00. The summed E-state index contributed by atoms with van der Waals surface area (Å²) in [4.78, 5) is 4.47. The Morgan fingerprint density at radius 1 is 1.23 bits per heavy atom. The van der Waals surface area contributed by atoms with Gasteiger partial charge >= 0.3 is 0 Å². The average molecular weight is 414 g/mol. The SMILES string of the molecule is Cc1nc(Cc2nnc(SCCCS(=O)(=O)c3ccc(F)cc3)o2)cs1. The van der Waals surface area contributed by atoms with Crippen LogP contribution >= 0.6 is 23.1 Å². The molecule has 0 fully saturated rings. The van der Waals surface area contributed by atoms with Gasteiger partial charge in [-0.15, -0.1) is 21.5 Å². The van der Waals surface area contributed by atoms with E-state index in [1.54, 1.807) is 11.3 Å². The number of nitrogens with zero attached hydrogens (tertiary/aromatic N) is 3. The van der Waals surface area contributed by atoms with Crippen LogP contribution in [0.25, 0.3) is 0 Å². The number of aromatic nitrogens is 3. The molecular weight excluding hydrogens is 397 g/mol. The summed E-state index contributed by atoms with van der Waals surface area (Å²) in [5.74, 6) is 0.527. The van der Waals surface area contributed by atoms with E-state index in [9.17, 15) is 12.8 Å². The van der Waals surface area contributed by atoms with Gasteiger partial charge in [-0.3, -0.25) is 0 Å². The van der Waals surface area contributed by atoms with Gasteiger partial charge in [-0.2, -0.15) is 0 Å². The maximum atomic E-state index is 12.9. The monoisotopic (exact) mass is 413 g/mol. The summed E-state index contributed by atoms with van der Waals surface area (Å²) in [6.45, 7) is 1.93. The molecule has 0 N–H and O–H groups in total. The number of thioether (sulfide) groups is 1. The van der Waals surface area contributed by atoms with E-state index in [4.69, 9.17) is 4.42 Å². The number of hydrogen-bond donors (Lipinski definition) is 0. The normalized spacial score (nSPS) is 11.8. The third-order valence-corrected chi connectivity index (χ3v) is 6.95. The van der Waals surface area contributed by atoms with E-state index in [0.717, 1.165) is 22.8 Å². The van der Waals surface area contributed by atoms with Crippen molar-refractivity contribution in [1.29, 1.82) is 0 Å². The Balaban J connectivity index is 1.47. The van der Waals surface area contributed by atoms with Gasteiger partial charge in [0, 0.05) is 11.1 Å². The topological polar surface area (TPSA) is 86.0 Å². The standard InChI is InChI=1S/C16H16FN3O3S3/c1-11-18-13(10-25-11)9-15-19-20-16(23-15)24-7-2-8-26(21,22)14-5-3-12(17)4-6-14/h3-6,10H,2,7-9H2,1H3. The molecule has 0 radical (unpaired) electrons. The van der Waals surface area contributed by atoms with Crippen LogP contribution in [-0.2, 0) is 16.3 Å². The van der Waals surface area contributed by atoms with Crippen molar-refractivity contribution in [3.8, 4) is 0 Å². The average Bonchev–Trinajstić information content (AvgIpc) is 3.21. The van der Waals surface area contributed by atoms with E-state index < -0.39 is 15.7 Å². The van der Waals surface area contributed by atoms with E-state index in [2.05, 4.69) is 15.2 Å². The number of rotatable bonds is 8. The molecule has 2 aromatic heterocycles. The van der Waals surface area contributed by atoms with Gasteiger partial charge in [-0.05, 0) is 37.6 Å². The number of benzene rings is 1. The Hall–Kier alpha value is -1.78. The van der Waals surface area contributed by atoms with Crippen molar-refractivity contribution in [2.75, 3.05) is 11.5 Å². The summed E-state index contributed by atoms with van der Waals surface area (Å²) in [5, 5.41) is 11.3. The quantitative estimate of drug-likeness (QED) is 0.317. The second kappa shape index (κ2) is 8.28. The molecule has 0 aliphatic heterocycles. The first-order valence-electron chi connectivity index (χ1n) is 7.77. The maximum absolute atomic E-state index is 12.9. The smallest absolute Gasteiger partial charge is 0.276 e.